The summed E-state index contributed by atoms with van der Waals surface area (Å²) in [5, 5.41) is 11.5. The topological polar surface area (TPSA) is 68.5 Å². The molecule has 0 aliphatic rings. The fourth-order valence-electron chi connectivity index (χ4n) is 1.43. The first-order valence-electron chi connectivity index (χ1n) is 5.26. The van der Waals surface area contributed by atoms with Crippen LogP contribution < -0.4 is 5.32 Å². The Morgan fingerprint density at radius 3 is 3.00 bits per heavy atom. The molecule has 2 aromatic heterocycles. The van der Waals surface area contributed by atoms with Gasteiger partial charge in [0.2, 0.25) is 0 Å². The number of nitrogens with zero attached hydrogens (tertiary/aromatic N) is 5. The van der Waals surface area contributed by atoms with Crippen LogP contribution in [0.15, 0.2) is 18.9 Å². The van der Waals surface area contributed by atoms with Crippen LogP contribution in [0.4, 0.5) is 5.82 Å². The first kappa shape index (κ1) is 11.8. The predicted molar refractivity (Wildman–Crippen MR) is 64.8 cm³/mol. The van der Waals surface area contributed by atoms with Crippen molar-refractivity contribution in [2.75, 3.05) is 5.32 Å². The maximum absolute atomic E-state index is 5.94. The first-order valence-corrected chi connectivity index (χ1v) is 5.64. The molecule has 0 saturated carbocycles. The van der Waals surface area contributed by atoms with Crippen molar-refractivity contribution in [2.24, 2.45) is 0 Å². The average molecular weight is 253 g/mol. The van der Waals surface area contributed by atoms with Gasteiger partial charge < -0.3 is 9.88 Å². The molecule has 0 bridgehead atoms. The number of rotatable bonds is 4. The molecule has 6 nitrogen and oxygen atoms in total. The van der Waals surface area contributed by atoms with Gasteiger partial charge in [-0.3, -0.25) is 0 Å². The summed E-state index contributed by atoms with van der Waals surface area (Å²) in [6, 6.07) is 0.322. The molecule has 0 fully saturated rings. The summed E-state index contributed by atoms with van der Waals surface area (Å²) in [6.45, 7) is 4.67. The SMILES string of the molecule is CC(C)n1cnnc1CNc1ncncc1Cl. The maximum Gasteiger partial charge on any atom is 0.152 e. The Kier molecular flexibility index (Phi) is 3.53. The Hall–Kier alpha value is -1.69. The number of nitrogens with one attached hydrogen (secondary N) is 1. The monoisotopic (exact) mass is 252 g/mol. The van der Waals surface area contributed by atoms with Crippen molar-refractivity contribution in [3.05, 3.63) is 29.7 Å². The van der Waals surface area contributed by atoms with Crippen LogP contribution in [0, 0.1) is 0 Å². The van der Waals surface area contributed by atoms with E-state index in [0.29, 0.717) is 23.4 Å². The lowest BCUT2D eigenvalue weighted by molar-refractivity contribution is 0.572. The Bertz CT molecular complexity index is 495. The number of hydrogen-bond acceptors (Lipinski definition) is 5. The second-order valence-electron chi connectivity index (χ2n) is 3.82. The van der Waals surface area contributed by atoms with Crippen LogP contribution in [-0.2, 0) is 6.54 Å². The van der Waals surface area contributed by atoms with Crippen LogP contribution in [-0.4, -0.2) is 24.7 Å². The van der Waals surface area contributed by atoms with Crippen LogP contribution in [0.1, 0.15) is 25.7 Å². The standard InChI is InChI=1S/C10H13ClN6/c1-7(2)17-6-15-16-9(17)4-13-10-8(11)3-12-5-14-10/h3,5-7H,4H2,1-2H3,(H,12,13,14). The van der Waals surface area contributed by atoms with Crippen molar-refractivity contribution in [1.29, 1.82) is 0 Å². The molecular formula is C10H13ClN6. The van der Waals surface area contributed by atoms with E-state index in [-0.39, 0.29) is 0 Å². The third-order valence-corrected chi connectivity index (χ3v) is 2.56. The van der Waals surface area contributed by atoms with E-state index in [2.05, 4.69) is 39.3 Å². The first-order chi connectivity index (χ1) is 8.18. The molecule has 0 spiro atoms. The van der Waals surface area contributed by atoms with Gasteiger partial charge in [-0.15, -0.1) is 10.2 Å². The number of aromatic nitrogens is 5. The van der Waals surface area contributed by atoms with Crippen molar-refractivity contribution in [1.82, 2.24) is 24.7 Å². The number of halogens is 1. The molecule has 0 aliphatic heterocycles. The molecule has 2 heterocycles. The largest absolute Gasteiger partial charge is 0.361 e. The van der Waals surface area contributed by atoms with Gasteiger partial charge in [0.1, 0.15) is 23.5 Å². The summed E-state index contributed by atoms with van der Waals surface area (Å²) in [5.74, 6) is 1.44. The van der Waals surface area contributed by atoms with Gasteiger partial charge in [0.05, 0.1) is 12.7 Å². The van der Waals surface area contributed by atoms with Crippen LogP contribution in [0.5, 0.6) is 0 Å². The van der Waals surface area contributed by atoms with E-state index in [1.807, 2.05) is 4.57 Å². The van der Waals surface area contributed by atoms with Crippen LogP contribution >= 0.6 is 11.6 Å². The van der Waals surface area contributed by atoms with E-state index >= 15 is 0 Å². The molecule has 0 aliphatic carbocycles. The molecule has 7 heteroatoms. The average Bonchev–Trinajstić information content (AvgIpc) is 2.76. The molecule has 2 aromatic rings. The molecule has 1 N–H and O–H groups in total. The second kappa shape index (κ2) is 5.09. The minimum atomic E-state index is 0.322. The Morgan fingerprint density at radius 1 is 1.47 bits per heavy atom. The van der Waals surface area contributed by atoms with E-state index in [1.165, 1.54) is 6.33 Å². The van der Waals surface area contributed by atoms with Gasteiger partial charge in [-0.1, -0.05) is 11.6 Å². The van der Waals surface area contributed by atoms with Crippen LogP contribution in [0.3, 0.4) is 0 Å². The van der Waals surface area contributed by atoms with E-state index in [1.54, 1.807) is 12.5 Å². The molecule has 17 heavy (non-hydrogen) atoms. The van der Waals surface area contributed by atoms with Crippen LogP contribution in [0.2, 0.25) is 5.02 Å². The lowest BCUT2D eigenvalue weighted by atomic mass is 10.4. The molecule has 0 atom stereocenters. The molecule has 2 rings (SSSR count). The minimum absolute atomic E-state index is 0.322. The third-order valence-electron chi connectivity index (χ3n) is 2.29. The molecule has 0 amide bonds. The Labute approximate surface area is 104 Å². The molecule has 0 radical (unpaired) electrons. The lowest BCUT2D eigenvalue weighted by Crippen LogP contribution is -2.11. The molecule has 0 aromatic carbocycles. The zero-order valence-corrected chi connectivity index (χ0v) is 10.4. The second-order valence-corrected chi connectivity index (χ2v) is 4.23. The van der Waals surface area contributed by atoms with Gasteiger partial charge in [-0.2, -0.15) is 0 Å². The fraction of sp³-hybridized carbons (Fsp3) is 0.400. The van der Waals surface area contributed by atoms with Crippen molar-refractivity contribution < 1.29 is 0 Å². The van der Waals surface area contributed by atoms with Gasteiger partial charge in [0.25, 0.3) is 0 Å². The molecule has 90 valence electrons. The van der Waals surface area contributed by atoms with Crippen molar-refractivity contribution in [3.8, 4) is 0 Å². The number of anilines is 1. The Morgan fingerprint density at radius 2 is 2.29 bits per heavy atom. The maximum atomic E-state index is 5.94. The van der Waals surface area contributed by atoms with Crippen molar-refractivity contribution >= 4 is 17.4 Å². The molecule has 0 unspecified atom stereocenters. The predicted octanol–water partition coefficient (Wildman–Crippen LogP) is 1.91. The minimum Gasteiger partial charge on any atom is -0.361 e. The van der Waals surface area contributed by atoms with Gasteiger partial charge in [-0.25, -0.2) is 9.97 Å². The lowest BCUT2D eigenvalue weighted by Gasteiger charge is -2.11. The smallest absolute Gasteiger partial charge is 0.152 e. The normalized spacial score (nSPS) is 10.8. The molecular weight excluding hydrogens is 240 g/mol. The van der Waals surface area contributed by atoms with Gasteiger partial charge >= 0.3 is 0 Å². The Balaban J connectivity index is 2.08. The van der Waals surface area contributed by atoms with E-state index in [9.17, 15) is 0 Å². The van der Waals surface area contributed by atoms with Crippen molar-refractivity contribution in [2.45, 2.75) is 26.4 Å². The summed E-state index contributed by atoms with van der Waals surface area (Å²) in [7, 11) is 0. The summed E-state index contributed by atoms with van der Waals surface area (Å²) in [6.07, 6.45) is 4.70. The highest BCUT2D eigenvalue weighted by Crippen LogP contribution is 2.17. The van der Waals surface area contributed by atoms with E-state index in [4.69, 9.17) is 11.6 Å². The zero-order chi connectivity index (χ0) is 12.3. The van der Waals surface area contributed by atoms with Gasteiger partial charge in [-0.05, 0) is 13.8 Å². The summed E-state index contributed by atoms with van der Waals surface area (Å²) in [4.78, 5) is 7.86. The highest BCUT2D eigenvalue weighted by atomic mass is 35.5. The van der Waals surface area contributed by atoms with Gasteiger partial charge in [0.15, 0.2) is 5.82 Å². The highest BCUT2D eigenvalue weighted by Gasteiger charge is 2.08. The van der Waals surface area contributed by atoms with E-state index < -0.39 is 0 Å². The fourth-order valence-corrected chi connectivity index (χ4v) is 1.60. The summed E-state index contributed by atoms with van der Waals surface area (Å²) >= 11 is 5.94. The quantitative estimate of drug-likeness (QED) is 0.900. The highest BCUT2D eigenvalue weighted by molar-refractivity contribution is 6.32. The molecule has 0 saturated heterocycles. The van der Waals surface area contributed by atoms with Gasteiger partial charge in [0, 0.05) is 6.04 Å². The van der Waals surface area contributed by atoms with E-state index in [0.717, 1.165) is 5.82 Å². The summed E-state index contributed by atoms with van der Waals surface area (Å²) in [5.41, 5.74) is 0. The number of hydrogen-bond donors (Lipinski definition) is 1. The third kappa shape index (κ3) is 2.71. The zero-order valence-electron chi connectivity index (χ0n) is 9.63. The summed E-state index contributed by atoms with van der Waals surface area (Å²) < 4.78 is 1.99. The van der Waals surface area contributed by atoms with Crippen molar-refractivity contribution in [3.63, 3.8) is 0 Å². The van der Waals surface area contributed by atoms with Crippen LogP contribution in [0.25, 0.3) is 0 Å².